The highest BCUT2D eigenvalue weighted by Gasteiger charge is 2.51. The molecule has 3 fully saturated rings. The Labute approximate surface area is 307 Å². The highest BCUT2D eigenvalue weighted by atomic mass is 16.7. The number of carbonyl (C=O) groups is 3. The molecule has 3 heterocycles. The van der Waals surface area contributed by atoms with Gasteiger partial charge in [0.1, 0.15) is 5.54 Å². The summed E-state index contributed by atoms with van der Waals surface area (Å²) in [6.07, 6.45) is 3.51. The minimum Gasteiger partial charge on any atom is -0.392 e. The lowest BCUT2D eigenvalue weighted by Gasteiger charge is -2.46. The second-order valence-corrected chi connectivity index (χ2v) is 14.4. The number of amides is 3. The van der Waals surface area contributed by atoms with Crippen molar-refractivity contribution in [1.82, 2.24) is 20.9 Å². The van der Waals surface area contributed by atoms with E-state index in [2.05, 4.69) is 44.8 Å². The molecule has 11 nitrogen and oxygen atoms in total. The zero-order valence-corrected chi connectivity index (χ0v) is 30.4. The number of benzene rings is 3. The normalized spacial score (nSPS) is 23.0. The van der Waals surface area contributed by atoms with Crippen LogP contribution in [0.25, 0.3) is 0 Å². The summed E-state index contributed by atoms with van der Waals surface area (Å²) in [5.41, 5.74) is 4.30. The Morgan fingerprint density at radius 2 is 1.58 bits per heavy atom. The van der Waals surface area contributed by atoms with E-state index < -0.39 is 11.8 Å². The Bertz CT molecular complexity index is 1630. The molecule has 3 aliphatic heterocycles. The summed E-state index contributed by atoms with van der Waals surface area (Å²) in [5, 5.41) is 18.5. The van der Waals surface area contributed by atoms with Crippen molar-refractivity contribution < 1.29 is 29.0 Å². The van der Waals surface area contributed by atoms with Crippen LogP contribution in [-0.4, -0.2) is 72.2 Å². The first-order valence-electron chi connectivity index (χ1n) is 18.7. The van der Waals surface area contributed by atoms with E-state index in [1.54, 1.807) is 0 Å². The molecule has 0 bridgehead atoms. The average Bonchev–Trinajstić information content (AvgIpc) is 3.48. The number of aliphatic hydroxyl groups is 1. The molecule has 4 atom stereocenters. The second kappa shape index (κ2) is 17.5. The van der Waals surface area contributed by atoms with Crippen LogP contribution in [0.4, 0.5) is 5.69 Å². The van der Waals surface area contributed by atoms with Crippen LogP contribution in [0.1, 0.15) is 87.0 Å². The minimum absolute atomic E-state index is 0.0133. The third kappa shape index (κ3) is 9.01. The molecule has 3 aromatic carbocycles. The van der Waals surface area contributed by atoms with Gasteiger partial charge >= 0.3 is 0 Å². The third-order valence-corrected chi connectivity index (χ3v) is 10.8. The summed E-state index contributed by atoms with van der Waals surface area (Å²) < 4.78 is 13.4. The summed E-state index contributed by atoms with van der Waals surface area (Å²) >= 11 is 0. The molecule has 3 aromatic rings. The number of nitrogens with zero attached hydrogens (tertiary/aromatic N) is 2. The maximum absolute atomic E-state index is 13.3. The van der Waals surface area contributed by atoms with Gasteiger partial charge < -0.3 is 40.3 Å². The molecular formula is C41H53N5O6. The van der Waals surface area contributed by atoms with Crippen molar-refractivity contribution in [3.05, 3.63) is 101 Å². The van der Waals surface area contributed by atoms with Gasteiger partial charge in [0.05, 0.1) is 25.5 Å². The molecule has 11 heteroatoms. The van der Waals surface area contributed by atoms with E-state index in [1.165, 1.54) is 6.92 Å². The summed E-state index contributed by atoms with van der Waals surface area (Å²) in [6.45, 7) is 7.54. The topological polar surface area (TPSA) is 132 Å². The average molecular weight is 712 g/mol. The smallest absolute Gasteiger partial charge is 0.247 e. The van der Waals surface area contributed by atoms with Crippen LogP contribution in [0.5, 0.6) is 0 Å². The largest absolute Gasteiger partial charge is 0.392 e. The van der Waals surface area contributed by atoms with Crippen LogP contribution in [0.2, 0.25) is 0 Å². The van der Waals surface area contributed by atoms with Gasteiger partial charge in [0.25, 0.3) is 0 Å². The molecule has 3 amide bonds. The molecule has 0 unspecified atom stereocenters. The number of nitrogens with one attached hydrogen (secondary N) is 3. The van der Waals surface area contributed by atoms with E-state index in [0.29, 0.717) is 32.7 Å². The number of anilines is 1. The van der Waals surface area contributed by atoms with Gasteiger partial charge in [-0.2, -0.15) is 0 Å². The lowest BCUT2D eigenvalue weighted by atomic mass is 9.84. The maximum Gasteiger partial charge on any atom is 0.247 e. The predicted molar refractivity (Wildman–Crippen MR) is 199 cm³/mol. The van der Waals surface area contributed by atoms with Crippen LogP contribution in [0, 0.1) is 5.92 Å². The van der Waals surface area contributed by atoms with Gasteiger partial charge in [-0.25, -0.2) is 0 Å². The lowest BCUT2D eigenvalue weighted by molar-refractivity contribution is -0.276. The van der Waals surface area contributed by atoms with Gasteiger partial charge in [-0.05, 0) is 54.5 Å². The van der Waals surface area contributed by atoms with E-state index in [0.717, 1.165) is 73.1 Å². The molecule has 52 heavy (non-hydrogen) atoms. The Morgan fingerprint density at radius 3 is 2.27 bits per heavy atom. The fourth-order valence-corrected chi connectivity index (χ4v) is 7.65. The first-order chi connectivity index (χ1) is 25.3. The molecule has 0 saturated carbocycles. The number of para-hydroxylation sites is 1. The molecule has 3 saturated heterocycles. The van der Waals surface area contributed by atoms with Crippen LogP contribution in [-0.2, 0) is 37.0 Å². The molecule has 1 spiro atoms. The number of rotatable bonds is 14. The van der Waals surface area contributed by atoms with Gasteiger partial charge in [0, 0.05) is 63.2 Å². The monoisotopic (exact) mass is 711 g/mol. The van der Waals surface area contributed by atoms with Crippen molar-refractivity contribution in [1.29, 1.82) is 0 Å². The van der Waals surface area contributed by atoms with E-state index in [9.17, 15) is 19.5 Å². The minimum atomic E-state index is -0.588. The van der Waals surface area contributed by atoms with E-state index in [1.807, 2.05) is 66.7 Å². The predicted octanol–water partition coefficient (Wildman–Crippen LogP) is 4.71. The highest BCUT2D eigenvalue weighted by Crippen LogP contribution is 2.43. The second-order valence-electron chi connectivity index (χ2n) is 14.4. The SMILES string of the molecule is CC(=O)NCCCCCC(=O)NCc1ccc([C@@H]2O[C@H](CN3CCC4(CC3)C(=O)NCN4c3ccccc3)[C@H](C)[C@H](c3ccc(CO)cc3)O2)cc1. The van der Waals surface area contributed by atoms with Crippen LogP contribution < -0.4 is 20.9 Å². The molecule has 3 aliphatic rings. The van der Waals surface area contributed by atoms with Crippen molar-refractivity contribution in [3.63, 3.8) is 0 Å². The number of unbranched alkanes of at least 4 members (excludes halogenated alkanes) is 2. The van der Waals surface area contributed by atoms with E-state index >= 15 is 0 Å². The third-order valence-electron chi connectivity index (χ3n) is 10.8. The van der Waals surface area contributed by atoms with Crippen molar-refractivity contribution in [2.24, 2.45) is 5.92 Å². The fraction of sp³-hybridized carbons (Fsp3) is 0.488. The van der Waals surface area contributed by atoms with E-state index in [-0.39, 0.29) is 42.5 Å². The number of aliphatic hydroxyl groups excluding tert-OH is 1. The number of carbonyl (C=O) groups excluding carboxylic acids is 3. The summed E-state index contributed by atoms with van der Waals surface area (Å²) in [6, 6.07) is 26.1. The lowest BCUT2D eigenvalue weighted by Crippen LogP contribution is -2.57. The van der Waals surface area contributed by atoms with Crippen molar-refractivity contribution in [2.45, 2.75) is 89.6 Å². The summed E-state index contributed by atoms with van der Waals surface area (Å²) in [5.74, 6) is 0.134. The van der Waals surface area contributed by atoms with Gasteiger partial charge in [-0.15, -0.1) is 0 Å². The number of hydrogen-bond donors (Lipinski definition) is 4. The molecular weight excluding hydrogens is 658 g/mol. The van der Waals surface area contributed by atoms with Gasteiger partial charge in [0.15, 0.2) is 6.29 Å². The van der Waals surface area contributed by atoms with Gasteiger partial charge in [0.2, 0.25) is 17.7 Å². The molecule has 0 radical (unpaired) electrons. The molecule has 0 aromatic heterocycles. The van der Waals surface area contributed by atoms with Gasteiger partial charge in [-0.3, -0.25) is 14.4 Å². The van der Waals surface area contributed by atoms with Crippen molar-refractivity contribution in [2.75, 3.05) is 37.7 Å². The molecule has 0 aliphatic carbocycles. The fourth-order valence-electron chi connectivity index (χ4n) is 7.65. The van der Waals surface area contributed by atoms with Crippen LogP contribution in [0.3, 0.4) is 0 Å². The zero-order valence-electron chi connectivity index (χ0n) is 30.4. The van der Waals surface area contributed by atoms with E-state index in [4.69, 9.17) is 9.47 Å². The quantitative estimate of drug-likeness (QED) is 0.177. The summed E-state index contributed by atoms with van der Waals surface area (Å²) in [7, 11) is 0. The van der Waals surface area contributed by atoms with Crippen molar-refractivity contribution in [3.8, 4) is 0 Å². The highest BCUT2D eigenvalue weighted by molar-refractivity contribution is 5.93. The Hall–Kier alpha value is -4.29. The first kappa shape index (κ1) is 37.5. The Morgan fingerprint density at radius 1 is 0.885 bits per heavy atom. The Kier molecular flexibility index (Phi) is 12.6. The molecule has 4 N–H and O–H groups in total. The first-order valence-corrected chi connectivity index (χ1v) is 18.7. The van der Waals surface area contributed by atoms with Crippen LogP contribution >= 0.6 is 0 Å². The number of likely N-dealkylation sites (tertiary alicyclic amines) is 1. The number of ether oxygens (including phenoxy) is 2. The van der Waals surface area contributed by atoms with Gasteiger partial charge in [-0.1, -0.05) is 80.1 Å². The number of hydrogen-bond acceptors (Lipinski definition) is 8. The maximum atomic E-state index is 13.3. The molecule has 278 valence electrons. The molecule has 6 rings (SSSR count). The van der Waals surface area contributed by atoms with Crippen molar-refractivity contribution >= 4 is 23.4 Å². The van der Waals surface area contributed by atoms with Crippen LogP contribution in [0.15, 0.2) is 78.9 Å². The Balaban J connectivity index is 1.08. The number of piperidine rings is 1. The summed E-state index contributed by atoms with van der Waals surface area (Å²) in [4.78, 5) is 41.3. The zero-order chi connectivity index (χ0) is 36.5. The standard InChI is InChI=1S/C41H53N5O6/c1-29-36(26-45-23-20-41(21-24-45)40(50)44-28-46(41)35-9-5-3-6-10-35)51-39(52-38(29)33-16-14-32(27-47)15-17-33)34-18-12-31(13-19-34)25-43-37(49)11-7-4-8-22-42-30(2)48/h3,5-6,9-10,12-19,29,36,38-39,47H,4,7-8,11,20-28H2,1-2H3,(H,42,48)(H,43,49)(H,44,50)/t29-,36+,38+,39+/m0/s1.